The maximum Gasteiger partial charge on any atom is 0.166 e. The number of nitrogens with one attached hydrogen (secondary N) is 2. The third kappa shape index (κ3) is 4.15. The number of aryl methyl sites for hydroxylation is 1. The van der Waals surface area contributed by atoms with Crippen LogP contribution in [0, 0.1) is 11.6 Å². The van der Waals surface area contributed by atoms with Crippen LogP contribution in [0.15, 0.2) is 48.9 Å². The summed E-state index contributed by atoms with van der Waals surface area (Å²) in [6.45, 7) is -0.488. The summed E-state index contributed by atoms with van der Waals surface area (Å²) in [4.78, 5) is 23.2. The number of rotatable bonds is 6. The molecule has 0 saturated heterocycles. The minimum Gasteiger partial charge on any atom is -0.365 e. The molecule has 0 fully saturated rings. The molecule has 1 aromatic carbocycles. The first-order chi connectivity index (χ1) is 18.4. The first-order valence-electron chi connectivity index (χ1n) is 12.7. The van der Waals surface area contributed by atoms with Crippen molar-refractivity contribution >= 4 is 34.5 Å². The van der Waals surface area contributed by atoms with Gasteiger partial charge in [0.15, 0.2) is 5.78 Å². The Balaban J connectivity index is 1.61. The molecular formula is C26H25F2N7O. The predicted octanol–water partition coefficient (Wildman–Crippen LogP) is 5.75. The molecule has 10 heteroatoms. The summed E-state index contributed by atoms with van der Waals surface area (Å²) in [5.74, 6) is -1.13. The van der Waals surface area contributed by atoms with E-state index in [1.165, 1.54) is 36.5 Å². The zero-order valence-electron chi connectivity index (χ0n) is 22.8. The quantitative estimate of drug-likeness (QED) is 0.332. The van der Waals surface area contributed by atoms with Crippen LogP contribution >= 0.6 is 0 Å². The summed E-state index contributed by atoms with van der Waals surface area (Å²) in [7, 11) is 3.68. The summed E-state index contributed by atoms with van der Waals surface area (Å²) < 4.78 is 52.6. The van der Waals surface area contributed by atoms with Gasteiger partial charge in [0.05, 0.1) is 40.6 Å². The van der Waals surface area contributed by atoms with Gasteiger partial charge >= 0.3 is 0 Å². The third-order valence-corrected chi connectivity index (χ3v) is 6.19. The van der Waals surface area contributed by atoms with Crippen molar-refractivity contribution in [2.75, 3.05) is 22.6 Å². The van der Waals surface area contributed by atoms with Crippen LogP contribution in [-0.4, -0.2) is 32.6 Å². The molecule has 4 heterocycles. The number of aromatic nitrogens is 4. The number of carbonyl (C=O) groups excluding carboxylic acids is 1. The Morgan fingerprint density at radius 3 is 2.61 bits per heavy atom. The molecule has 1 aliphatic rings. The molecular weight excluding hydrogens is 464 g/mol. The summed E-state index contributed by atoms with van der Waals surface area (Å²) in [5, 5.41) is 10.6. The number of halogens is 2. The highest BCUT2D eigenvalue weighted by Crippen LogP contribution is 2.48. The standard InChI is InChI=1S/C26H25F2N7O/c1-5-22(36)18-12-30-24(32-23-7-6-15(27)11-29-23)10-20(18)31-21-9-16(28)8-17-25-19(13-34(3)33-25)14(2)35(4)26(17)21/h6-14H,5H2,1-4H3,(H2,29,30,31,32)/t14-/m1/s1/i1D3. The minimum absolute atomic E-state index is 0.0202. The average Bonchev–Trinajstić information content (AvgIpc) is 3.25. The number of carbonyl (C=O) groups is 1. The summed E-state index contributed by atoms with van der Waals surface area (Å²) in [6.07, 6.45) is 3.48. The topological polar surface area (TPSA) is 88.0 Å². The molecule has 0 aliphatic carbocycles. The van der Waals surface area contributed by atoms with Gasteiger partial charge in [-0.2, -0.15) is 5.10 Å². The van der Waals surface area contributed by atoms with Gasteiger partial charge in [0.2, 0.25) is 0 Å². The molecule has 4 aromatic rings. The molecule has 0 amide bonds. The number of Topliss-reactive ketones (excluding diaryl/α,β-unsaturated/α-hetero) is 1. The molecule has 36 heavy (non-hydrogen) atoms. The fourth-order valence-electron chi connectivity index (χ4n) is 4.35. The molecule has 0 radical (unpaired) electrons. The summed E-state index contributed by atoms with van der Waals surface area (Å²) in [6, 6.07) is 6.78. The summed E-state index contributed by atoms with van der Waals surface area (Å²) >= 11 is 0. The molecule has 0 bridgehead atoms. The maximum absolute atomic E-state index is 15.0. The molecule has 0 spiro atoms. The predicted molar refractivity (Wildman–Crippen MR) is 135 cm³/mol. The molecule has 1 aliphatic heterocycles. The Hall–Kier alpha value is -4.34. The number of nitrogens with zero attached hydrogens (tertiary/aromatic N) is 5. The van der Waals surface area contributed by atoms with Gasteiger partial charge in [-0.05, 0) is 31.2 Å². The van der Waals surface area contributed by atoms with Gasteiger partial charge in [-0.1, -0.05) is 6.85 Å². The Labute approximate surface area is 211 Å². The Morgan fingerprint density at radius 2 is 1.86 bits per heavy atom. The van der Waals surface area contributed by atoms with Crippen molar-refractivity contribution in [2.24, 2.45) is 7.05 Å². The number of pyridine rings is 2. The zero-order valence-corrected chi connectivity index (χ0v) is 19.8. The number of anilines is 5. The van der Waals surface area contributed by atoms with Crippen LogP contribution < -0.4 is 15.5 Å². The van der Waals surface area contributed by atoms with Gasteiger partial charge in [0.1, 0.15) is 23.3 Å². The third-order valence-electron chi connectivity index (χ3n) is 6.19. The zero-order chi connectivity index (χ0) is 28.1. The van der Waals surface area contributed by atoms with Crippen molar-refractivity contribution in [1.82, 2.24) is 19.7 Å². The number of ketones is 1. The van der Waals surface area contributed by atoms with Gasteiger partial charge < -0.3 is 15.5 Å². The fraction of sp³-hybridized carbons (Fsp3) is 0.231. The minimum atomic E-state index is -2.49. The van der Waals surface area contributed by atoms with E-state index in [-0.39, 0.29) is 23.1 Å². The second kappa shape index (κ2) is 9.03. The lowest BCUT2D eigenvalue weighted by Gasteiger charge is -2.35. The van der Waals surface area contributed by atoms with Crippen LogP contribution in [0.25, 0.3) is 11.3 Å². The second-order valence-corrected chi connectivity index (χ2v) is 8.57. The van der Waals surface area contributed by atoms with Gasteiger partial charge in [-0.15, -0.1) is 0 Å². The molecule has 3 aromatic heterocycles. The molecule has 2 N–H and O–H groups in total. The first kappa shape index (κ1) is 19.9. The SMILES string of the molecule is [2H]C([2H])([2H])CC(=O)c1cnc(Nc2ccc(F)cn2)cc1Nc1cc(F)cc2c1N(C)[C@H](C)c1cn(C)nc1-2. The lowest BCUT2D eigenvalue weighted by atomic mass is 9.94. The Morgan fingerprint density at radius 1 is 1.06 bits per heavy atom. The van der Waals surface area contributed by atoms with E-state index < -0.39 is 30.7 Å². The largest absolute Gasteiger partial charge is 0.365 e. The lowest BCUT2D eigenvalue weighted by Crippen LogP contribution is -2.26. The van der Waals surface area contributed by atoms with E-state index in [1.54, 1.807) is 11.7 Å². The number of benzene rings is 1. The van der Waals surface area contributed by atoms with Crippen molar-refractivity contribution in [1.29, 1.82) is 0 Å². The van der Waals surface area contributed by atoms with E-state index in [9.17, 15) is 13.6 Å². The fourth-order valence-corrected chi connectivity index (χ4v) is 4.35. The molecule has 0 unspecified atom stereocenters. The van der Waals surface area contributed by atoms with E-state index in [0.29, 0.717) is 28.5 Å². The van der Waals surface area contributed by atoms with Crippen molar-refractivity contribution < 1.29 is 17.7 Å². The normalized spacial score (nSPS) is 15.9. The van der Waals surface area contributed by atoms with E-state index in [4.69, 9.17) is 4.11 Å². The molecule has 0 saturated carbocycles. The molecule has 184 valence electrons. The second-order valence-electron chi connectivity index (χ2n) is 8.57. The van der Waals surface area contributed by atoms with Crippen LogP contribution in [0.5, 0.6) is 0 Å². The van der Waals surface area contributed by atoms with Gasteiger partial charge in [-0.25, -0.2) is 18.7 Å². The summed E-state index contributed by atoms with van der Waals surface area (Å²) in [5.41, 5.74) is 3.42. The molecule has 5 rings (SSSR count). The van der Waals surface area contributed by atoms with Crippen molar-refractivity contribution in [3.63, 3.8) is 0 Å². The first-order valence-corrected chi connectivity index (χ1v) is 11.2. The highest BCUT2D eigenvalue weighted by atomic mass is 19.1. The van der Waals surface area contributed by atoms with Crippen LogP contribution in [-0.2, 0) is 7.05 Å². The van der Waals surface area contributed by atoms with Gasteiger partial charge in [-0.3, -0.25) is 9.48 Å². The maximum atomic E-state index is 15.0. The van der Waals surface area contributed by atoms with Crippen molar-refractivity contribution in [3.8, 4) is 11.3 Å². The number of hydrogen-bond acceptors (Lipinski definition) is 7. The number of hydrogen-bond donors (Lipinski definition) is 2. The Bertz CT molecular complexity index is 1570. The van der Waals surface area contributed by atoms with E-state index in [2.05, 4.69) is 25.7 Å². The van der Waals surface area contributed by atoms with Crippen LogP contribution in [0.1, 0.15) is 46.3 Å². The highest BCUT2D eigenvalue weighted by Gasteiger charge is 2.31. The van der Waals surface area contributed by atoms with Crippen LogP contribution in [0.2, 0.25) is 0 Å². The van der Waals surface area contributed by atoms with Gasteiger partial charge in [0.25, 0.3) is 0 Å². The van der Waals surface area contributed by atoms with Gasteiger partial charge in [0, 0.05) is 54.2 Å². The smallest absolute Gasteiger partial charge is 0.166 e. The highest BCUT2D eigenvalue weighted by molar-refractivity contribution is 6.03. The van der Waals surface area contributed by atoms with Crippen molar-refractivity contribution in [2.45, 2.75) is 26.2 Å². The Kier molecular flexibility index (Phi) is 4.99. The van der Waals surface area contributed by atoms with E-state index in [0.717, 1.165) is 11.8 Å². The average molecular weight is 493 g/mol. The number of fused-ring (bicyclic) bond motifs is 3. The van der Waals surface area contributed by atoms with Crippen LogP contribution in [0.4, 0.5) is 37.5 Å². The van der Waals surface area contributed by atoms with E-state index >= 15 is 0 Å². The molecule has 1 atom stereocenters. The van der Waals surface area contributed by atoms with Crippen LogP contribution in [0.3, 0.4) is 0 Å². The van der Waals surface area contributed by atoms with Crippen molar-refractivity contribution in [3.05, 3.63) is 71.7 Å². The van der Waals surface area contributed by atoms with E-state index in [1.807, 2.05) is 25.1 Å². The lowest BCUT2D eigenvalue weighted by molar-refractivity contribution is 0.0988. The monoisotopic (exact) mass is 492 g/mol. The molecule has 8 nitrogen and oxygen atoms in total.